The van der Waals surface area contributed by atoms with Crippen LogP contribution in [0.3, 0.4) is 0 Å². The molecule has 0 saturated heterocycles. The van der Waals surface area contributed by atoms with Crippen molar-refractivity contribution >= 4 is 46.0 Å². The zero-order valence-corrected chi connectivity index (χ0v) is 18.9. The van der Waals surface area contributed by atoms with Gasteiger partial charge in [0.25, 0.3) is 5.22 Å². The van der Waals surface area contributed by atoms with Gasteiger partial charge in [0.05, 0.1) is 29.2 Å². The molecular formula is C20H19N5O2S3. The van der Waals surface area contributed by atoms with Gasteiger partial charge in [-0.15, -0.1) is 32.9 Å². The lowest BCUT2D eigenvalue weighted by Crippen LogP contribution is -2.14. The highest BCUT2D eigenvalue weighted by molar-refractivity contribution is 7.98. The highest BCUT2D eigenvalue weighted by Crippen LogP contribution is 2.24. The summed E-state index contributed by atoms with van der Waals surface area (Å²) in [5.74, 6) is 1.08. The molecule has 10 heteroatoms. The van der Waals surface area contributed by atoms with Gasteiger partial charge >= 0.3 is 0 Å². The maximum atomic E-state index is 12.2. The topological polar surface area (TPSA) is 93.8 Å². The van der Waals surface area contributed by atoms with Crippen molar-refractivity contribution in [3.8, 4) is 0 Å². The Balaban J connectivity index is 1.26. The average molecular weight is 458 g/mol. The van der Waals surface area contributed by atoms with E-state index in [1.807, 2.05) is 48.9 Å². The predicted molar refractivity (Wildman–Crippen MR) is 119 cm³/mol. The van der Waals surface area contributed by atoms with E-state index >= 15 is 0 Å². The van der Waals surface area contributed by atoms with E-state index in [1.165, 1.54) is 23.1 Å². The molecule has 0 fully saturated rings. The van der Waals surface area contributed by atoms with E-state index in [-0.39, 0.29) is 12.3 Å². The number of hydrogen-bond donors (Lipinski definition) is 1. The lowest BCUT2D eigenvalue weighted by Gasteiger charge is -2.04. The maximum absolute atomic E-state index is 12.2. The van der Waals surface area contributed by atoms with Gasteiger partial charge in [0.2, 0.25) is 11.8 Å². The number of thiazole rings is 2. The largest absolute Gasteiger partial charge is 0.416 e. The van der Waals surface area contributed by atoms with E-state index in [0.29, 0.717) is 23.3 Å². The summed E-state index contributed by atoms with van der Waals surface area (Å²) >= 11 is 4.51. The molecule has 1 N–H and O–H groups in total. The minimum atomic E-state index is -0.0776. The molecule has 0 atom stereocenters. The van der Waals surface area contributed by atoms with Gasteiger partial charge in [0.15, 0.2) is 0 Å². The van der Waals surface area contributed by atoms with Crippen molar-refractivity contribution < 1.29 is 9.21 Å². The van der Waals surface area contributed by atoms with Crippen molar-refractivity contribution in [2.75, 3.05) is 5.32 Å². The Bertz CT molecular complexity index is 1130. The summed E-state index contributed by atoms with van der Waals surface area (Å²) in [5.41, 5.74) is 3.77. The highest BCUT2D eigenvalue weighted by atomic mass is 32.2. The first-order valence-corrected chi connectivity index (χ1v) is 11.9. The van der Waals surface area contributed by atoms with Crippen molar-refractivity contribution in [2.45, 2.75) is 37.7 Å². The normalized spacial score (nSPS) is 11.0. The smallest absolute Gasteiger partial charge is 0.276 e. The Kier molecular flexibility index (Phi) is 6.56. The molecule has 0 aliphatic heterocycles. The second-order valence-corrected chi connectivity index (χ2v) is 9.54. The Hall–Kier alpha value is -2.56. The number of rotatable bonds is 8. The first-order valence-electron chi connectivity index (χ1n) is 9.19. The van der Waals surface area contributed by atoms with Crippen LogP contribution in [0.5, 0.6) is 0 Å². The van der Waals surface area contributed by atoms with Gasteiger partial charge in [-0.25, -0.2) is 9.97 Å². The number of carbonyl (C=O) groups is 1. The number of hydrogen-bond acceptors (Lipinski definition) is 9. The molecule has 3 heterocycles. The minimum absolute atomic E-state index is 0.0776. The number of aromatic nitrogens is 4. The van der Waals surface area contributed by atoms with Crippen LogP contribution in [0.1, 0.15) is 32.9 Å². The van der Waals surface area contributed by atoms with Gasteiger partial charge in [0.1, 0.15) is 5.01 Å². The quantitative estimate of drug-likeness (QED) is 0.384. The van der Waals surface area contributed by atoms with E-state index in [1.54, 1.807) is 11.3 Å². The second kappa shape index (κ2) is 9.50. The van der Waals surface area contributed by atoms with Gasteiger partial charge in [-0.1, -0.05) is 29.5 Å². The third kappa shape index (κ3) is 5.74. The van der Waals surface area contributed by atoms with Crippen molar-refractivity contribution in [1.29, 1.82) is 0 Å². The third-order valence-corrected chi connectivity index (χ3v) is 6.61. The second-order valence-electron chi connectivity index (χ2n) is 6.61. The summed E-state index contributed by atoms with van der Waals surface area (Å²) in [5, 5.41) is 17.3. The zero-order chi connectivity index (χ0) is 20.9. The van der Waals surface area contributed by atoms with Gasteiger partial charge in [-0.2, -0.15) is 0 Å². The fourth-order valence-corrected chi connectivity index (χ4v) is 4.81. The number of aryl methyl sites for hydroxylation is 2. The molecule has 154 valence electrons. The van der Waals surface area contributed by atoms with E-state index in [4.69, 9.17) is 4.42 Å². The number of benzene rings is 1. The van der Waals surface area contributed by atoms with Crippen molar-refractivity contribution in [3.63, 3.8) is 0 Å². The summed E-state index contributed by atoms with van der Waals surface area (Å²) < 4.78 is 5.68. The summed E-state index contributed by atoms with van der Waals surface area (Å²) in [6, 6.07) is 7.72. The summed E-state index contributed by atoms with van der Waals surface area (Å²) in [6.07, 6.45) is 0.788. The number of amides is 1. The summed E-state index contributed by atoms with van der Waals surface area (Å²) in [7, 11) is 0. The van der Waals surface area contributed by atoms with Crippen molar-refractivity contribution in [2.24, 2.45) is 0 Å². The van der Waals surface area contributed by atoms with Crippen LogP contribution in [0.4, 0.5) is 5.69 Å². The van der Waals surface area contributed by atoms with E-state index in [9.17, 15) is 4.79 Å². The van der Waals surface area contributed by atoms with Crippen LogP contribution >= 0.6 is 34.4 Å². The van der Waals surface area contributed by atoms with Crippen molar-refractivity contribution in [3.05, 3.63) is 67.9 Å². The molecule has 1 amide bonds. The fourth-order valence-electron chi connectivity index (χ4n) is 2.62. The van der Waals surface area contributed by atoms with E-state index < -0.39 is 0 Å². The first kappa shape index (κ1) is 20.7. The number of thioether (sulfide) groups is 1. The van der Waals surface area contributed by atoms with E-state index in [0.717, 1.165) is 32.7 Å². The molecule has 7 nitrogen and oxygen atoms in total. The minimum Gasteiger partial charge on any atom is -0.416 e. The Morgan fingerprint density at radius 3 is 2.63 bits per heavy atom. The molecule has 0 bridgehead atoms. The lowest BCUT2D eigenvalue weighted by atomic mass is 10.2. The van der Waals surface area contributed by atoms with Crippen LogP contribution in [-0.2, 0) is 23.4 Å². The molecular weight excluding hydrogens is 438 g/mol. The molecule has 0 spiro atoms. The fraction of sp³-hybridized carbons (Fsp3) is 0.250. The molecule has 0 unspecified atom stereocenters. The molecule has 0 aliphatic rings. The van der Waals surface area contributed by atoms with Gasteiger partial charge in [-0.3, -0.25) is 4.79 Å². The molecule has 30 heavy (non-hydrogen) atoms. The Morgan fingerprint density at radius 2 is 1.87 bits per heavy atom. The maximum Gasteiger partial charge on any atom is 0.276 e. The van der Waals surface area contributed by atoms with Crippen molar-refractivity contribution in [1.82, 2.24) is 20.2 Å². The first-order chi connectivity index (χ1) is 14.5. The molecule has 4 rings (SSSR count). The highest BCUT2D eigenvalue weighted by Gasteiger charge is 2.12. The molecule has 0 radical (unpaired) electrons. The van der Waals surface area contributed by atoms with Crippen LogP contribution < -0.4 is 5.32 Å². The van der Waals surface area contributed by atoms with Gasteiger partial charge in [0, 0.05) is 22.2 Å². The molecule has 0 saturated carbocycles. The number of carbonyl (C=O) groups excluding carboxylic acids is 1. The molecule has 3 aromatic heterocycles. The van der Waals surface area contributed by atoms with Crippen LogP contribution in [0.2, 0.25) is 0 Å². The van der Waals surface area contributed by atoms with E-state index in [2.05, 4.69) is 25.5 Å². The SMILES string of the molecule is Cc1ccc(NC(=O)Cc2nc(CSc3nnc(Cc4csc(C)n4)o3)cs2)cc1. The van der Waals surface area contributed by atoms with Crippen LogP contribution in [0.15, 0.2) is 44.7 Å². The summed E-state index contributed by atoms with van der Waals surface area (Å²) in [4.78, 5) is 21.2. The summed E-state index contributed by atoms with van der Waals surface area (Å²) in [6.45, 7) is 3.98. The van der Waals surface area contributed by atoms with Crippen LogP contribution in [0, 0.1) is 13.8 Å². The Morgan fingerprint density at radius 1 is 1.07 bits per heavy atom. The Labute approximate surface area is 186 Å². The monoisotopic (exact) mass is 457 g/mol. The lowest BCUT2D eigenvalue weighted by molar-refractivity contribution is -0.115. The number of anilines is 1. The zero-order valence-electron chi connectivity index (χ0n) is 16.4. The van der Waals surface area contributed by atoms with Gasteiger partial charge < -0.3 is 9.73 Å². The van der Waals surface area contributed by atoms with Crippen LogP contribution in [-0.4, -0.2) is 26.1 Å². The molecule has 4 aromatic rings. The molecule has 0 aliphatic carbocycles. The average Bonchev–Trinajstić information content (AvgIpc) is 3.44. The number of nitrogens with one attached hydrogen (secondary N) is 1. The molecule has 1 aromatic carbocycles. The number of nitrogens with zero attached hydrogens (tertiary/aromatic N) is 4. The standard InChI is InChI=1S/C20H19N5O2S3/c1-12-3-5-14(6-4-12)22-17(26)8-19-23-16(10-29-19)11-30-20-25-24-18(27-20)7-15-9-28-13(2)21-15/h3-6,9-10H,7-8,11H2,1-2H3,(H,22,26). The predicted octanol–water partition coefficient (Wildman–Crippen LogP) is 4.66. The third-order valence-electron chi connectivity index (χ3n) is 4.04. The van der Waals surface area contributed by atoms with Crippen LogP contribution in [0.25, 0.3) is 0 Å². The van der Waals surface area contributed by atoms with Gasteiger partial charge in [-0.05, 0) is 26.0 Å².